The third-order valence-corrected chi connectivity index (χ3v) is 5.32. The van der Waals surface area contributed by atoms with Crippen LogP contribution in [0.25, 0.3) is 0 Å². The summed E-state index contributed by atoms with van der Waals surface area (Å²) >= 11 is 5.24. The molecule has 3 rings (SSSR count). The van der Waals surface area contributed by atoms with E-state index >= 15 is 0 Å². The van der Waals surface area contributed by atoms with Crippen molar-refractivity contribution in [2.75, 3.05) is 23.2 Å². The molecule has 1 aromatic carbocycles. The van der Waals surface area contributed by atoms with Crippen LogP contribution < -0.4 is 15.4 Å². The van der Waals surface area contributed by atoms with E-state index in [4.69, 9.17) is 17.0 Å². The van der Waals surface area contributed by atoms with Crippen molar-refractivity contribution in [3.63, 3.8) is 0 Å². The minimum Gasteiger partial charge on any atom is -0.376 e. The number of hydrogen-bond acceptors (Lipinski definition) is 6. The number of rotatable bonds is 6. The Morgan fingerprint density at radius 2 is 1.96 bits per heavy atom. The van der Waals surface area contributed by atoms with E-state index in [1.807, 2.05) is 0 Å². The summed E-state index contributed by atoms with van der Waals surface area (Å²) in [5, 5.41) is 6.58. The van der Waals surface area contributed by atoms with E-state index in [0.29, 0.717) is 17.3 Å². The molecule has 0 aliphatic carbocycles. The average Bonchev–Trinajstić information content (AvgIpc) is 3.14. The van der Waals surface area contributed by atoms with Crippen LogP contribution in [-0.2, 0) is 14.8 Å². The fraction of sp³-hybridized carbons (Fsp3) is 0.312. The Hall–Kier alpha value is -2.30. The monoisotopic (exact) mass is 393 g/mol. The highest BCUT2D eigenvalue weighted by Crippen LogP contribution is 2.16. The standard InChI is InChI=1S/C16H19N5O3S2/c22-26(23,21-15-17-8-2-9-18-15)14-6-4-12(5-7-14)20-16(25)19-11-13-3-1-10-24-13/h2,4-9,13H,1,3,10-11H2,(H,17,18,21)(H2,19,20,25). The average molecular weight is 393 g/mol. The fourth-order valence-electron chi connectivity index (χ4n) is 2.44. The second kappa shape index (κ2) is 8.39. The molecule has 10 heteroatoms. The maximum atomic E-state index is 12.3. The number of nitrogens with zero attached hydrogens (tertiary/aromatic N) is 2. The first kappa shape index (κ1) is 18.5. The summed E-state index contributed by atoms with van der Waals surface area (Å²) in [7, 11) is -3.75. The van der Waals surface area contributed by atoms with Gasteiger partial charge in [-0.15, -0.1) is 0 Å². The number of aromatic nitrogens is 2. The topological polar surface area (TPSA) is 105 Å². The number of benzene rings is 1. The summed E-state index contributed by atoms with van der Waals surface area (Å²) in [5.41, 5.74) is 0.685. The quantitative estimate of drug-likeness (QED) is 0.638. The molecule has 3 N–H and O–H groups in total. The van der Waals surface area contributed by atoms with Crippen LogP contribution in [0.3, 0.4) is 0 Å². The van der Waals surface area contributed by atoms with Crippen LogP contribution in [0.2, 0.25) is 0 Å². The Labute approximate surface area is 157 Å². The summed E-state index contributed by atoms with van der Waals surface area (Å²) in [5.74, 6) is 0.0224. The molecule has 2 aromatic rings. The summed E-state index contributed by atoms with van der Waals surface area (Å²) in [6.07, 6.45) is 5.21. The third-order valence-electron chi connectivity index (χ3n) is 3.73. The normalized spacial score (nSPS) is 16.8. The maximum Gasteiger partial charge on any atom is 0.264 e. The number of anilines is 2. The van der Waals surface area contributed by atoms with Gasteiger partial charge in [0.25, 0.3) is 10.0 Å². The van der Waals surface area contributed by atoms with E-state index in [1.54, 1.807) is 18.2 Å². The van der Waals surface area contributed by atoms with Gasteiger partial charge in [0, 0.05) is 31.2 Å². The Bertz CT molecular complexity index is 838. The van der Waals surface area contributed by atoms with Gasteiger partial charge in [-0.05, 0) is 55.4 Å². The molecule has 1 atom stereocenters. The number of thiocarbonyl (C=S) groups is 1. The second-order valence-corrected chi connectivity index (χ2v) is 7.76. The zero-order valence-corrected chi connectivity index (χ0v) is 15.5. The Morgan fingerprint density at radius 1 is 1.23 bits per heavy atom. The third kappa shape index (κ3) is 5.10. The molecule has 1 fully saturated rings. The van der Waals surface area contributed by atoms with Crippen LogP contribution >= 0.6 is 12.2 Å². The van der Waals surface area contributed by atoms with Crippen molar-refractivity contribution >= 4 is 39.0 Å². The van der Waals surface area contributed by atoms with E-state index in [-0.39, 0.29) is 16.9 Å². The van der Waals surface area contributed by atoms with Gasteiger partial charge in [0.1, 0.15) is 0 Å². The number of hydrogen-bond donors (Lipinski definition) is 3. The minimum atomic E-state index is -3.75. The van der Waals surface area contributed by atoms with Gasteiger partial charge in [0.15, 0.2) is 5.11 Å². The van der Waals surface area contributed by atoms with E-state index in [9.17, 15) is 8.42 Å². The summed E-state index contributed by atoms with van der Waals surface area (Å²) in [6, 6.07) is 7.85. The molecule has 0 bridgehead atoms. The Morgan fingerprint density at radius 3 is 2.62 bits per heavy atom. The molecular weight excluding hydrogens is 374 g/mol. The molecule has 0 saturated carbocycles. The van der Waals surface area contributed by atoms with Gasteiger partial charge in [-0.1, -0.05) is 0 Å². The summed E-state index contributed by atoms with van der Waals surface area (Å²) in [4.78, 5) is 7.81. The molecular formula is C16H19N5O3S2. The number of nitrogens with one attached hydrogen (secondary N) is 3. The summed E-state index contributed by atoms with van der Waals surface area (Å²) < 4.78 is 32.5. The van der Waals surface area contributed by atoms with Crippen molar-refractivity contribution in [1.82, 2.24) is 15.3 Å². The first-order valence-electron chi connectivity index (χ1n) is 8.09. The van der Waals surface area contributed by atoms with Crippen LogP contribution in [0.15, 0.2) is 47.6 Å². The lowest BCUT2D eigenvalue weighted by molar-refractivity contribution is 0.114. The number of sulfonamides is 1. The van der Waals surface area contributed by atoms with Gasteiger partial charge in [-0.25, -0.2) is 23.1 Å². The zero-order valence-electron chi connectivity index (χ0n) is 13.9. The maximum absolute atomic E-state index is 12.3. The molecule has 0 spiro atoms. The molecule has 1 saturated heterocycles. The van der Waals surface area contributed by atoms with Crippen molar-refractivity contribution in [2.45, 2.75) is 23.8 Å². The largest absolute Gasteiger partial charge is 0.376 e. The molecule has 1 aliphatic heterocycles. The molecule has 8 nitrogen and oxygen atoms in total. The van der Waals surface area contributed by atoms with E-state index in [0.717, 1.165) is 19.4 Å². The van der Waals surface area contributed by atoms with Gasteiger partial charge in [0.2, 0.25) is 5.95 Å². The molecule has 1 unspecified atom stereocenters. The molecule has 0 amide bonds. The summed E-state index contributed by atoms with van der Waals surface area (Å²) in [6.45, 7) is 1.45. The van der Waals surface area contributed by atoms with Crippen LogP contribution in [0.1, 0.15) is 12.8 Å². The Kier molecular flexibility index (Phi) is 5.96. The van der Waals surface area contributed by atoms with Gasteiger partial charge in [-0.2, -0.15) is 0 Å². The van der Waals surface area contributed by atoms with Crippen LogP contribution in [-0.4, -0.2) is 42.8 Å². The van der Waals surface area contributed by atoms with Crippen molar-refractivity contribution in [3.8, 4) is 0 Å². The molecule has 1 aliphatic rings. The lowest BCUT2D eigenvalue weighted by atomic mass is 10.2. The predicted octanol–water partition coefficient (Wildman–Crippen LogP) is 1.74. The van der Waals surface area contributed by atoms with Gasteiger partial charge in [0.05, 0.1) is 11.0 Å². The van der Waals surface area contributed by atoms with Crippen molar-refractivity contribution in [1.29, 1.82) is 0 Å². The highest BCUT2D eigenvalue weighted by atomic mass is 32.2. The molecule has 0 radical (unpaired) electrons. The smallest absolute Gasteiger partial charge is 0.264 e. The first-order valence-corrected chi connectivity index (χ1v) is 9.98. The number of ether oxygens (including phenoxy) is 1. The highest BCUT2D eigenvalue weighted by molar-refractivity contribution is 7.92. The lowest BCUT2D eigenvalue weighted by Gasteiger charge is -2.14. The van der Waals surface area contributed by atoms with Crippen LogP contribution in [0, 0.1) is 0 Å². The molecule has 2 heterocycles. The van der Waals surface area contributed by atoms with Gasteiger partial charge in [-0.3, -0.25) is 0 Å². The van der Waals surface area contributed by atoms with Crippen LogP contribution in [0.4, 0.5) is 11.6 Å². The van der Waals surface area contributed by atoms with Gasteiger partial charge < -0.3 is 15.4 Å². The zero-order chi connectivity index (χ0) is 18.4. The molecule has 26 heavy (non-hydrogen) atoms. The minimum absolute atomic E-state index is 0.0224. The van der Waals surface area contributed by atoms with Crippen molar-refractivity contribution in [3.05, 3.63) is 42.7 Å². The van der Waals surface area contributed by atoms with E-state index in [1.165, 1.54) is 24.5 Å². The SMILES string of the molecule is O=S(=O)(Nc1ncccn1)c1ccc(NC(=S)NCC2CCCO2)cc1. The van der Waals surface area contributed by atoms with Crippen molar-refractivity contribution < 1.29 is 13.2 Å². The first-order chi connectivity index (χ1) is 12.5. The molecule has 138 valence electrons. The van der Waals surface area contributed by atoms with Crippen LogP contribution in [0.5, 0.6) is 0 Å². The lowest BCUT2D eigenvalue weighted by Crippen LogP contribution is -2.34. The van der Waals surface area contributed by atoms with Gasteiger partial charge >= 0.3 is 0 Å². The molecule has 1 aromatic heterocycles. The highest BCUT2D eigenvalue weighted by Gasteiger charge is 2.16. The fourth-order valence-corrected chi connectivity index (χ4v) is 3.59. The van der Waals surface area contributed by atoms with E-state index in [2.05, 4.69) is 25.3 Å². The Balaban J connectivity index is 1.56. The second-order valence-electron chi connectivity index (χ2n) is 5.67. The van der Waals surface area contributed by atoms with Crippen molar-refractivity contribution in [2.24, 2.45) is 0 Å². The predicted molar refractivity (Wildman–Crippen MR) is 102 cm³/mol. The van der Waals surface area contributed by atoms with E-state index < -0.39 is 10.0 Å².